The van der Waals surface area contributed by atoms with E-state index >= 15 is 0 Å². The maximum Gasteiger partial charge on any atom is 0.321 e. The number of carbonyl (C=O) groups is 1. The number of hydrogen-bond donors (Lipinski definition) is 2. The van der Waals surface area contributed by atoms with Crippen LogP contribution in [0, 0.1) is 0 Å². The number of aliphatic carboxylic acids is 1. The number of carboxylic acid groups (broad SMARTS) is 1. The van der Waals surface area contributed by atoms with E-state index in [2.05, 4.69) is 21.8 Å². The second-order valence-corrected chi connectivity index (χ2v) is 10.3. The van der Waals surface area contributed by atoms with Crippen molar-refractivity contribution in [1.29, 1.82) is 0 Å². The second-order valence-electron chi connectivity index (χ2n) is 8.63. The van der Waals surface area contributed by atoms with Crippen LogP contribution in [0.25, 0.3) is 10.8 Å². The minimum Gasteiger partial charge on any atom is -0.494 e. The summed E-state index contributed by atoms with van der Waals surface area (Å²) >= 11 is 0. The van der Waals surface area contributed by atoms with Gasteiger partial charge in [0, 0.05) is 31.9 Å². The summed E-state index contributed by atoms with van der Waals surface area (Å²) in [7, 11) is -3.84. The van der Waals surface area contributed by atoms with E-state index in [9.17, 15) is 13.2 Å². The van der Waals surface area contributed by atoms with Gasteiger partial charge in [0.1, 0.15) is 24.1 Å². The zero-order valence-electron chi connectivity index (χ0n) is 20.4. The van der Waals surface area contributed by atoms with E-state index < -0.39 is 22.2 Å². The van der Waals surface area contributed by atoms with Gasteiger partial charge in [-0.25, -0.2) is 0 Å². The van der Waals surface area contributed by atoms with Crippen LogP contribution in [0.5, 0.6) is 11.5 Å². The van der Waals surface area contributed by atoms with E-state index in [0.717, 1.165) is 33.5 Å². The lowest BCUT2D eigenvalue weighted by Crippen LogP contribution is -2.54. The molecule has 9 nitrogen and oxygen atoms in total. The molecule has 3 aromatic carbocycles. The van der Waals surface area contributed by atoms with E-state index in [4.69, 9.17) is 14.6 Å². The molecule has 1 saturated heterocycles. The summed E-state index contributed by atoms with van der Waals surface area (Å²) in [5.74, 6) is 0.399. The van der Waals surface area contributed by atoms with Crippen molar-refractivity contribution in [2.75, 3.05) is 37.7 Å². The fourth-order valence-corrected chi connectivity index (χ4v) is 5.42. The normalized spacial score (nSPS) is 15.6. The summed E-state index contributed by atoms with van der Waals surface area (Å²) in [6.45, 7) is 5.91. The van der Waals surface area contributed by atoms with E-state index in [0.29, 0.717) is 26.3 Å². The number of nitrogens with one attached hydrogen (secondary N) is 1. The quantitative estimate of drug-likeness (QED) is 0.428. The number of ether oxygens (including phenoxy) is 2. The molecule has 1 aliphatic rings. The molecule has 2 N–H and O–H groups in total. The van der Waals surface area contributed by atoms with Crippen LogP contribution >= 0.6 is 0 Å². The summed E-state index contributed by atoms with van der Waals surface area (Å²) in [4.78, 5) is 13.1. The Bertz CT molecular complexity index is 1310. The summed E-state index contributed by atoms with van der Waals surface area (Å²) < 4.78 is 39.8. The van der Waals surface area contributed by atoms with E-state index in [1.807, 2.05) is 55.5 Å². The Labute approximate surface area is 211 Å². The molecular formula is C26H31N3O6S. The molecule has 36 heavy (non-hydrogen) atoms. The number of benzene rings is 3. The van der Waals surface area contributed by atoms with Gasteiger partial charge in [0.15, 0.2) is 0 Å². The van der Waals surface area contributed by atoms with Crippen LogP contribution in [0.4, 0.5) is 5.69 Å². The average molecular weight is 514 g/mol. The number of fused-ring (bicyclic) bond motifs is 1. The summed E-state index contributed by atoms with van der Waals surface area (Å²) in [5, 5.41) is 11.2. The number of carboxylic acids is 1. The molecule has 0 radical (unpaired) electrons. The van der Waals surface area contributed by atoms with Crippen LogP contribution in [-0.2, 0) is 21.6 Å². The number of piperazine rings is 1. The van der Waals surface area contributed by atoms with Crippen molar-refractivity contribution in [2.45, 2.75) is 26.5 Å². The van der Waals surface area contributed by atoms with E-state index in [1.54, 1.807) is 0 Å². The zero-order chi connectivity index (χ0) is 25.7. The summed E-state index contributed by atoms with van der Waals surface area (Å²) in [5.41, 5.74) is 2.04. The zero-order valence-corrected chi connectivity index (χ0v) is 21.2. The van der Waals surface area contributed by atoms with Gasteiger partial charge in [-0.3, -0.25) is 4.79 Å². The molecule has 1 fully saturated rings. The van der Waals surface area contributed by atoms with E-state index in [-0.39, 0.29) is 13.1 Å². The number of hydrogen-bond acceptors (Lipinski definition) is 6. The van der Waals surface area contributed by atoms with Crippen LogP contribution in [0.15, 0.2) is 60.7 Å². The first kappa shape index (κ1) is 25.7. The van der Waals surface area contributed by atoms with Gasteiger partial charge < -0.3 is 19.5 Å². The highest BCUT2D eigenvalue weighted by atomic mass is 32.2. The molecular weight excluding hydrogens is 482 g/mol. The SMILES string of the molecule is CCOc1ccc2cc(COc3ccc(N4CCN(S(=O)(=O)N[C@H](C)C(=O)O)CC4)cc3)ccc2c1. The molecule has 0 aromatic heterocycles. The third-order valence-corrected chi connectivity index (χ3v) is 7.77. The minimum atomic E-state index is -3.84. The van der Waals surface area contributed by atoms with Gasteiger partial charge >= 0.3 is 5.97 Å². The van der Waals surface area contributed by atoms with Gasteiger partial charge in [0.25, 0.3) is 10.2 Å². The van der Waals surface area contributed by atoms with Gasteiger partial charge in [-0.1, -0.05) is 18.2 Å². The predicted molar refractivity (Wildman–Crippen MR) is 139 cm³/mol. The van der Waals surface area contributed by atoms with Crippen molar-refractivity contribution >= 4 is 32.6 Å². The Kier molecular flexibility index (Phi) is 7.97. The van der Waals surface area contributed by atoms with Crippen LogP contribution in [0.2, 0.25) is 0 Å². The maximum absolute atomic E-state index is 12.4. The number of nitrogens with zero attached hydrogens (tertiary/aromatic N) is 2. The van der Waals surface area contributed by atoms with Gasteiger partial charge in [0.05, 0.1) is 6.61 Å². The fourth-order valence-electron chi connectivity index (χ4n) is 4.07. The molecule has 0 saturated carbocycles. The third-order valence-electron chi connectivity index (χ3n) is 6.07. The molecule has 1 aliphatic heterocycles. The fraction of sp³-hybridized carbons (Fsp3) is 0.346. The van der Waals surface area contributed by atoms with Gasteiger partial charge in [-0.2, -0.15) is 17.4 Å². The first-order valence-electron chi connectivity index (χ1n) is 11.9. The van der Waals surface area contributed by atoms with E-state index in [1.165, 1.54) is 11.2 Å². The van der Waals surface area contributed by atoms with Crippen LogP contribution in [0.1, 0.15) is 19.4 Å². The van der Waals surface area contributed by atoms with Crippen LogP contribution < -0.4 is 19.1 Å². The Morgan fingerprint density at radius 1 is 0.944 bits per heavy atom. The lowest BCUT2D eigenvalue weighted by Gasteiger charge is -2.35. The van der Waals surface area contributed by atoms with Crippen LogP contribution in [0.3, 0.4) is 0 Å². The third kappa shape index (κ3) is 6.26. The van der Waals surface area contributed by atoms with Crippen molar-refractivity contribution in [1.82, 2.24) is 9.03 Å². The van der Waals surface area contributed by atoms with Gasteiger partial charge in [0.2, 0.25) is 0 Å². The first-order valence-corrected chi connectivity index (χ1v) is 13.3. The standard InChI is InChI=1S/C26H31N3O6S/c1-3-34-25-9-6-21-16-20(4-5-22(21)17-25)18-35-24-10-7-23(8-11-24)28-12-14-29(15-13-28)36(32,33)27-19(2)26(30)31/h4-11,16-17,19,27H,3,12-15,18H2,1-2H3,(H,30,31)/t19-/m1/s1. The van der Waals surface area contributed by atoms with Crippen molar-refractivity contribution in [2.24, 2.45) is 0 Å². The highest BCUT2D eigenvalue weighted by molar-refractivity contribution is 7.87. The summed E-state index contributed by atoms with van der Waals surface area (Å²) in [6.07, 6.45) is 0. The predicted octanol–water partition coefficient (Wildman–Crippen LogP) is 3.25. The highest BCUT2D eigenvalue weighted by Gasteiger charge is 2.29. The second kappa shape index (κ2) is 11.2. The Hall–Kier alpha value is -3.34. The Morgan fingerprint density at radius 3 is 2.25 bits per heavy atom. The lowest BCUT2D eigenvalue weighted by molar-refractivity contribution is -0.138. The Morgan fingerprint density at radius 2 is 1.58 bits per heavy atom. The monoisotopic (exact) mass is 513 g/mol. The van der Waals surface area contributed by atoms with Crippen molar-refractivity contribution in [3.8, 4) is 11.5 Å². The van der Waals surface area contributed by atoms with Crippen molar-refractivity contribution in [3.05, 3.63) is 66.2 Å². The average Bonchev–Trinajstić information content (AvgIpc) is 2.87. The van der Waals surface area contributed by atoms with Crippen LogP contribution in [-0.4, -0.2) is 62.6 Å². The first-order chi connectivity index (χ1) is 17.2. The molecule has 3 aromatic rings. The van der Waals surface area contributed by atoms with Gasteiger partial charge in [-0.15, -0.1) is 0 Å². The molecule has 0 bridgehead atoms. The maximum atomic E-state index is 12.4. The molecule has 192 valence electrons. The van der Waals surface area contributed by atoms with Crippen molar-refractivity contribution < 1.29 is 27.8 Å². The Balaban J connectivity index is 1.30. The molecule has 1 atom stereocenters. The largest absolute Gasteiger partial charge is 0.494 e. The number of rotatable bonds is 10. The summed E-state index contributed by atoms with van der Waals surface area (Å²) in [6, 6.07) is 18.8. The highest BCUT2D eigenvalue weighted by Crippen LogP contribution is 2.25. The molecule has 0 spiro atoms. The molecule has 0 amide bonds. The smallest absolute Gasteiger partial charge is 0.321 e. The lowest BCUT2D eigenvalue weighted by atomic mass is 10.1. The molecule has 0 unspecified atom stereocenters. The van der Waals surface area contributed by atoms with Crippen molar-refractivity contribution in [3.63, 3.8) is 0 Å². The van der Waals surface area contributed by atoms with Gasteiger partial charge in [-0.05, 0) is 72.6 Å². The molecule has 1 heterocycles. The number of anilines is 1. The molecule has 0 aliphatic carbocycles. The topological polar surface area (TPSA) is 108 Å². The molecule has 10 heteroatoms. The molecule has 4 rings (SSSR count). The minimum absolute atomic E-state index is 0.272.